The second-order valence-electron chi connectivity index (χ2n) is 5.70. The minimum atomic E-state index is 0.456. The fourth-order valence-electron chi connectivity index (χ4n) is 2.27. The summed E-state index contributed by atoms with van der Waals surface area (Å²) in [5.41, 5.74) is 1.20. The summed E-state index contributed by atoms with van der Waals surface area (Å²) >= 11 is 1.80. The van der Waals surface area contributed by atoms with E-state index in [1.54, 1.807) is 11.3 Å². The average Bonchev–Trinajstić information content (AvgIpc) is 3.20. The number of aromatic nitrogens is 2. The van der Waals surface area contributed by atoms with E-state index in [4.69, 9.17) is 4.99 Å². The number of aliphatic imine (C=N–C) groups is 1. The molecule has 0 aliphatic carbocycles. The molecule has 126 valence electrons. The zero-order chi connectivity index (χ0) is 16.5. The van der Waals surface area contributed by atoms with Gasteiger partial charge in [0.15, 0.2) is 5.96 Å². The normalized spacial score (nSPS) is 13.1. The quantitative estimate of drug-likeness (QED) is 0.443. The minimum Gasteiger partial charge on any atom is -0.357 e. The van der Waals surface area contributed by atoms with Gasteiger partial charge in [-0.05, 0) is 37.3 Å². The largest absolute Gasteiger partial charge is 0.357 e. The summed E-state index contributed by atoms with van der Waals surface area (Å²) < 4.78 is 1.99. The zero-order valence-corrected chi connectivity index (χ0v) is 15.1. The fourth-order valence-corrected chi connectivity index (χ4v) is 3.05. The van der Waals surface area contributed by atoms with Gasteiger partial charge in [0.2, 0.25) is 0 Å². The van der Waals surface area contributed by atoms with Crippen molar-refractivity contribution in [3.8, 4) is 0 Å². The van der Waals surface area contributed by atoms with Crippen molar-refractivity contribution in [2.75, 3.05) is 19.6 Å². The Kier molecular flexibility index (Phi) is 7.13. The van der Waals surface area contributed by atoms with Crippen molar-refractivity contribution in [3.63, 3.8) is 0 Å². The molecular formula is C17H27N5S. The summed E-state index contributed by atoms with van der Waals surface area (Å²) in [6.45, 7) is 9.85. The number of aryl methyl sites for hydroxylation is 2. The third kappa shape index (κ3) is 6.06. The summed E-state index contributed by atoms with van der Waals surface area (Å²) in [7, 11) is 0. The molecule has 1 unspecified atom stereocenters. The van der Waals surface area contributed by atoms with Gasteiger partial charge >= 0.3 is 0 Å². The standard InChI is InChI=1S/C17H27N5S/c1-4-18-17(20-12-15(3)16-7-5-10-23-16)19-8-6-9-22-13-14(2)11-21-22/h5,7,10-11,13,15H,4,6,8-9,12H2,1-3H3,(H2,18,19,20). The number of hydrogen-bond donors (Lipinski definition) is 2. The van der Waals surface area contributed by atoms with Crippen molar-refractivity contribution in [1.29, 1.82) is 0 Å². The lowest BCUT2D eigenvalue weighted by molar-refractivity contribution is 0.570. The van der Waals surface area contributed by atoms with E-state index in [1.165, 1.54) is 10.4 Å². The van der Waals surface area contributed by atoms with Crippen molar-refractivity contribution in [2.45, 2.75) is 39.7 Å². The number of nitrogens with one attached hydrogen (secondary N) is 2. The Morgan fingerprint density at radius 3 is 2.96 bits per heavy atom. The van der Waals surface area contributed by atoms with Crippen LogP contribution in [0.25, 0.3) is 0 Å². The molecule has 0 radical (unpaired) electrons. The maximum Gasteiger partial charge on any atom is 0.191 e. The average molecular weight is 334 g/mol. The van der Waals surface area contributed by atoms with Gasteiger partial charge in [-0.1, -0.05) is 13.0 Å². The SMILES string of the molecule is CCNC(=NCC(C)c1cccs1)NCCCn1cc(C)cn1. The molecule has 2 heterocycles. The van der Waals surface area contributed by atoms with E-state index >= 15 is 0 Å². The van der Waals surface area contributed by atoms with E-state index < -0.39 is 0 Å². The smallest absolute Gasteiger partial charge is 0.191 e. The van der Waals surface area contributed by atoms with Crippen molar-refractivity contribution >= 4 is 17.3 Å². The summed E-state index contributed by atoms with van der Waals surface area (Å²) in [4.78, 5) is 6.08. The van der Waals surface area contributed by atoms with E-state index in [9.17, 15) is 0 Å². The molecule has 1 atom stereocenters. The summed E-state index contributed by atoms with van der Waals surface area (Å²) in [6, 6.07) is 4.28. The molecule has 0 bridgehead atoms. The molecule has 2 rings (SSSR count). The second kappa shape index (κ2) is 9.35. The predicted molar refractivity (Wildman–Crippen MR) is 98.3 cm³/mol. The van der Waals surface area contributed by atoms with Gasteiger partial charge < -0.3 is 10.6 Å². The van der Waals surface area contributed by atoms with Crippen molar-refractivity contribution < 1.29 is 0 Å². The van der Waals surface area contributed by atoms with Gasteiger partial charge in [0, 0.05) is 36.6 Å². The summed E-state index contributed by atoms with van der Waals surface area (Å²) in [5.74, 6) is 1.35. The maximum atomic E-state index is 4.70. The van der Waals surface area contributed by atoms with Crippen LogP contribution in [0, 0.1) is 6.92 Å². The molecule has 0 aliphatic rings. The molecule has 0 aromatic carbocycles. The van der Waals surface area contributed by atoms with Crippen LogP contribution < -0.4 is 10.6 Å². The fraction of sp³-hybridized carbons (Fsp3) is 0.529. The molecule has 0 amide bonds. The first-order chi connectivity index (χ1) is 11.2. The number of rotatable bonds is 8. The Morgan fingerprint density at radius 2 is 2.30 bits per heavy atom. The lowest BCUT2D eigenvalue weighted by atomic mass is 10.1. The van der Waals surface area contributed by atoms with Crippen molar-refractivity contribution in [1.82, 2.24) is 20.4 Å². The molecule has 0 saturated carbocycles. The van der Waals surface area contributed by atoms with Gasteiger partial charge in [-0.25, -0.2) is 0 Å². The molecule has 0 spiro atoms. The molecule has 2 N–H and O–H groups in total. The molecule has 0 fully saturated rings. The van der Waals surface area contributed by atoms with Crippen LogP contribution in [-0.2, 0) is 6.54 Å². The van der Waals surface area contributed by atoms with Crippen LogP contribution in [0.5, 0.6) is 0 Å². The Hall–Kier alpha value is -1.82. The highest BCUT2D eigenvalue weighted by molar-refractivity contribution is 7.10. The lowest BCUT2D eigenvalue weighted by Crippen LogP contribution is -2.38. The maximum absolute atomic E-state index is 4.70. The first-order valence-electron chi connectivity index (χ1n) is 8.23. The number of guanidine groups is 1. The molecule has 5 nitrogen and oxygen atoms in total. The van der Waals surface area contributed by atoms with Crippen LogP contribution >= 0.6 is 11.3 Å². The highest BCUT2D eigenvalue weighted by atomic mass is 32.1. The third-order valence-electron chi connectivity index (χ3n) is 3.52. The Morgan fingerprint density at radius 1 is 1.43 bits per heavy atom. The van der Waals surface area contributed by atoms with Gasteiger partial charge in [0.05, 0.1) is 12.7 Å². The van der Waals surface area contributed by atoms with E-state index in [0.717, 1.165) is 38.6 Å². The highest BCUT2D eigenvalue weighted by Crippen LogP contribution is 2.20. The highest BCUT2D eigenvalue weighted by Gasteiger charge is 2.06. The molecule has 6 heteroatoms. The molecule has 23 heavy (non-hydrogen) atoms. The first-order valence-corrected chi connectivity index (χ1v) is 9.11. The summed E-state index contributed by atoms with van der Waals surface area (Å²) in [5, 5.41) is 13.1. The number of nitrogens with zero attached hydrogens (tertiary/aromatic N) is 3. The number of hydrogen-bond acceptors (Lipinski definition) is 3. The Labute approximate surface area is 142 Å². The van der Waals surface area contributed by atoms with E-state index in [0.29, 0.717) is 5.92 Å². The van der Waals surface area contributed by atoms with E-state index in [2.05, 4.69) is 60.2 Å². The van der Waals surface area contributed by atoms with Crippen molar-refractivity contribution in [3.05, 3.63) is 40.3 Å². The van der Waals surface area contributed by atoms with Gasteiger partial charge in [0.25, 0.3) is 0 Å². The van der Waals surface area contributed by atoms with E-state index in [1.807, 2.05) is 10.9 Å². The Bertz CT molecular complexity index is 588. The third-order valence-corrected chi connectivity index (χ3v) is 4.62. The second-order valence-corrected chi connectivity index (χ2v) is 6.68. The van der Waals surface area contributed by atoms with Crippen LogP contribution in [0.4, 0.5) is 0 Å². The van der Waals surface area contributed by atoms with Crippen LogP contribution in [0.2, 0.25) is 0 Å². The van der Waals surface area contributed by atoms with Gasteiger partial charge in [-0.15, -0.1) is 11.3 Å². The lowest BCUT2D eigenvalue weighted by Gasteiger charge is -2.13. The van der Waals surface area contributed by atoms with Gasteiger partial charge in [-0.2, -0.15) is 5.10 Å². The van der Waals surface area contributed by atoms with Crippen LogP contribution in [0.3, 0.4) is 0 Å². The zero-order valence-electron chi connectivity index (χ0n) is 14.2. The van der Waals surface area contributed by atoms with Gasteiger partial charge in [0.1, 0.15) is 0 Å². The molecule has 2 aromatic rings. The predicted octanol–water partition coefficient (Wildman–Crippen LogP) is 3.00. The van der Waals surface area contributed by atoms with Crippen LogP contribution in [0.15, 0.2) is 34.9 Å². The molecular weight excluding hydrogens is 306 g/mol. The Balaban J connectivity index is 1.75. The van der Waals surface area contributed by atoms with Crippen LogP contribution in [-0.4, -0.2) is 35.4 Å². The van der Waals surface area contributed by atoms with Crippen LogP contribution in [0.1, 0.15) is 36.6 Å². The molecule has 0 saturated heterocycles. The van der Waals surface area contributed by atoms with E-state index in [-0.39, 0.29) is 0 Å². The summed E-state index contributed by atoms with van der Waals surface area (Å²) in [6.07, 6.45) is 4.99. The minimum absolute atomic E-state index is 0.456. The molecule has 0 aliphatic heterocycles. The van der Waals surface area contributed by atoms with Crippen molar-refractivity contribution in [2.24, 2.45) is 4.99 Å². The number of thiophene rings is 1. The topological polar surface area (TPSA) is 54.2 Å². The molecule has 2 aromatic heterocycles. The first kappa shape index (κ1) is 17.5. The monoisotopic (exact) mass is 333 g/mol. The van der Waals surface area contributed by atoms with Gasteiger partial charge in [-0.3, -0.25) is 9.67 Å².